The molecule has 0 N–H and O–H groups in total. The van der Waals surface area contributed by atoms with E-state index < -0.39 is 0 Å². The third-order valence-electron chi connectivity index (χ3n) is 0. The monoisotopic (exact) mass is 181 g/mol. The molecule has 0 spiro atoms. The molecule has 0 aliphatic carbocycles. The van der Waals surface area contributed by atoms with Gasteiger partial charge in [-0.15, -0.1) is 0 Å². The topological polar surface area (TPSA) is 23.8 Å². The molecule has 1 radical (unpaired) electrons. The zero-order valence-corrected chi connectivity index (χ0v) is 7.90. The molecule has 0 amide bonds. The van der Waals surface area contributed by atoms with Gasteiger partial charge in [-0.3, -0.25) is 0 Å². The zero-order valence-electron chi connectivity index (χ0n) is 3.63. The van der Waals surface area contributed by atoms with Crippen molar-refractivity contribution in [3.8, 4) is 0 Å². The summed E-state index contributed by atoms with van der Waals surface area (Å²) in [4.78, 5) is 0. The van der Waals surface area contributed by atoms with Crippen molar-refractivity contribution in [2.24, 2.45) is 0 Å². The van der Waals surface area contributed by atoms with Crippen molar-refractivity contribution < 1.29 is 86.7 Å². The normalized spacial score (nSPS) is 0.400. The third-order valence-corrected chi connectivity index (χ3v) is 0. The molecule has 0 bridgehead atoms. The molecule has 0 rings (SSSR count). The van der Waals surface area contributed by atoms with Gasteiger partial charge in [-0.2, -0.15) is 0 Å². The molecule has 4 heteroatoms. The van der Waals surface area contributed by atoms with E-state index in [1.54, 1.807) is 0 Å². The Labute approximate surface area is 96.5 Å². The predicted molar refractivity (Wildman–Crippen MR) is 6.08 cm³/mol. The van der Waals surface area contributed by atoms with Crippen LogP contribution in [0.2, 0.25) is 0 Å². The van der Waals surface area contributed by atoms with E-state index in [9.17, 15) is 0 Å². The summed E-state index contributed by atoms with van der Waals surface area (Å²) in [7, 11) is 0. The largest absolute Gasteiger partial charge is 1.00 e. The van der Waals surface area contributed by atoms with Gasteiger partial charge in [0.2, 0.25) is 0 Å². The van der Waals surface area contributed by atoms with Gasteiger partial charge in [0.1, 0.15) is 0 Å². The van der Waals surface area contributed by atoms with Crippen LogP contribution in [0, 0.1) is 11.8 Å². The minimum atomic E-state index is 0. The van der Waals surface area contributed by atoms with Gasteiger partial charge >= 0.3 is 51.4 Å². The van der Waals surface area contributed by atoms with E-state index in [1.165, 1.54) is 0 Å². The fourth-order valence-electron chi connectivity index (χ4n) is 0. The summed E-state index contributed by atoms with van der Waals surface area (Å²) >= 11 is 0. The molecule has 5 heavy (non-hydrogen) atoms. The van der Waals surface area contributed by atoms with Gasteiger partial charge in [0, 0.05) is 33.8 Å². The van der Waals surface area contributed by atoms with Gasteiger partial charge in [-0.05, 0) is 0 Å². The first-order chi connectivity index (χ1) is 1.00. The Morgan fingerprint density at radius 3 is 1.40 bits per heavy atom. The van der Waals surface area contributed by atoms with Crippen LogP contribution in [0.4, 0.5) is 0 Å². The molecule has 0 aliphatic heterocycles. The van der Waals surface area contributed by atoms with Gasteiger partial charge in [0.25, 0.3) is 0 Å². The smallest absolute Gasteiger partial charge is 1.00 e. The van der Waals surface area contributed by atoms with Crippen molar-refractivity contribution in [1.82, 2.24) is 0 Å². The second-order valence-corrected chi connectivity index (χ2v) is 0. The standard InChI is InChI=1S/CN.Co.Fe.K.H/c1-2;;;;/q-1;;;+1;-1. The zero-order chi connectivity index (χ0) is 2.00. The molecule has 0 atom stereocenters. The van der Waals surface area contributed by atoms with Crippen LogP contribution in [0.25, 0.3) is 0 Å². The Bertz CT molecular complexity index is 20.3. The fourth-order valence-corrected chi connectivity index (χ4v) is 0. The number of rotatable bonds is 0. The fraction of sp³-hybridized carbons (Fsp3) is 0. The Morgan fingerprint density at radius 1 is 1.40 bits per heavy atom. The summed E-state index contributed by atoms with van der Waals surface area (Å²) in [5, 5.41) is 6.25. The summed E-state index contributed by atoms with van der Waals surface area (Å²) in [6.45, 7) is 4.75. The molecule has 0 unspecified atom stereocenters. The summed E-state index contributed by atoms with van der Waals surface area (Å²) < 4.78 is 0. The molecule has 0 saturated heterocycles. The molecule has 1 nitrogen and oxygen atoms in total. The molecule has 0 fully saturated rings. The molecule has 0 aliphatic rings. The van der Waals surface area contributed by atoms with E-state index in [0.717, 1.165) is 0 Å². The third kappa shape index (κ3) is 22.9. The molecule has 29 valence electrons. The maximum atomic E-state index is 6.25. The van der Waals surface area contributed by atoms with Crippen LogP contribution in [0.3, 0.4) is 0 Å². The van der Waals surface area contributed by atoms with Gasteiger partial charge < -0.3 is 13.3 Å². The minimum absolute atomic E-state index is 0. The Kier molecular flexibility index (Phi) is 192. The molecular weight excluding hydrogens is 180 g/mol. The van der Waals surface area contributed by atoms with Crippen LogP contribution in [0.15, 0.2) is 0 Å². The van der Waals surface area contributed by atoms with Crippen molar-refractivity contribution in [3.63, 3.8) is 0 Å². The maximum Gasteiger partial charge on any atom is 1.00 e. The Balaban J connectivity index is -0.000000000833. The van der Waals surface area contributed by atoms with Crippen molar-refractivity contribution in [3.05, 3.63) is 6.57 Å². The van der Waals surface area contributed by atoms with Crippen LogP contribution in [-0.4, -0.2) is 0 Å². The predicted octanol–water partition coefficient (Wildman–Crippen LogP) is -2.79. The SMILES string of the molecule is [C-]#N.[Co].[Fe].[H-].[K+]. The van der Waals surface area contributed by atoms with Crippen LogP contribution in [0.5, 0.6) is 0 Å². The van der Waals surface area contributed by atoms with Gasteiger partial charge in [-0.25, -0.2) is 0 Å². The number of hydrogen-bond acceptors (Lipinski definition) is 1. The molecule has 0 aromatic carbocycles. The maximum absolute atomic E-state index is 6.25. The van der Waals surface area contributed by atoms with Gasteiger partial charge in [0.15, 0.2) is 0 Å². The van der Waals surface area contributed by atoms with Crippen LogP contribution in [0.1, 0.15) is 1.43 Å². The average Bonchev–Trinajstić information content (AvgIpc) is 1.00. The van der Waals surface area contributed by atoms with Crippen LogP contribution < -0.4 is 51.4 Å². The quantitative estimate of drug-likeness (QED) is 0.292. The summed E-state index contributed by atoms with van der Waals surface area (Å²) in [5.74, 6) is 0. The van der Waals surface area contributed by atoms with E-state index in [1.807, 2.05) is 0 Å². The second kappa shape index (κ2) is 35.3. The summed E-state index contributed by atoms with van der Waals surface area (Å²) in [6, 6.07) is 0. The molecule has 0 aromatic heterocycles. The Hall–Kier alpha value is 2.15. The first-order valence-electron chi connectivity index (χ1n) is 0.224. The van der Waals surface area contributed by atoms with E-state index in [2.05, 4.69) is 0 Å². The van der Waals surface area contributed by atoms with Crippen molar-refractivity contribution in [2.75, 3.05) is 0 Å². The van der Waals surface area contributed by atoms with Crippen LogP contribution >= 0.6 is 0 Å². The first kappa shape index (κ1) is 27.2. The first-order valence-corrected chi connectivity index (χ1v) is 0.224. The van der Waals surface area contributed by atoms with Crippen molar-refractivity contribution in [2.45, 2.75) is 0 Å². The molecule has 0 aromatic rings. The summed E-state index contributed by atoms with van der Waals surface area (Å²) in [5.41, 5.74) is 0. The van der Waals surface area contributed by atoms with Gasteiger partial charge in [-0.1, -0.05) is 0 Å². The summed E-state index contributed by atoms with van der Waals surface area (Å²) in [6.07, 6.45) is 0. The van der Waals surface area contributed by atoms with Gasteiger partial charge in [0.05, 0.1) is 0 Å². The van der Waals surface area contributed by atoms with Crippen molar-refractivity contribution in [1.29, 1.82) is 5.26 Å². The van der Waals surface area contributed by atoms with E-state index >= 15 is 0 Å². The molecule has 0 saturated carbocycles. The number of hydrogen-bond donors (Lipinski definition) is 0. The van der Waals surface area contributed by atoms with Crippen LogP contribution in [-0.2, 0) is 33.8 Å². The second-order valence-electron chi connectivity index (χ2n) is 0. The number of nitrogens with zero attached hydrogens (tertiary/aromatic N) is 1. The van der Waals surface area contributed by atoms with E-state index in [0.29, 0.717) is 0 Å². The minimum Gasteiger partial charge on any atom is -1.00 e. The average molecular weight is 181 g/mol. The van der Waals surface area contributed by atoms with E-state index in [-0.39, 0.29) is 86.7 Å². The van der Waals surface area contributed by atoms with Crippen molar-refractivity contribution >= 4 is 0 Å². The molecule has 0 heterocycles. The van der Waals surface area contributed by atoms with E-state index in [4.69, 9.17) is 11.8 Å². The Morgan fingerprint density at radius 2 is 1.40 bits per heavy atom. The molecular formula is CHCoFeKN-.